The van der Waals surface area contributed by atoms with Crippen molar-refractivity contribution in [2.24, 2.45) is 0 Å². The number of rotatable bonds is 4. The quantitative estimate of drug-likeness (QED) is 0.242. The van der Waals surface area contributed by atoms with Gasteiger partial charge in [-0.15, -0.1) is 0 Å². The minimum absolute atomic E-state index is 0.342. The Bertz CT molecular complexity index is 1520. The molecule has 2 aliphatic heterocycles. The average Bonchev–Trinajstić information content (AvgIpc) is 3.61. The van der Waals surface area contributed by atoms with Gasteiger partial charge in [0, 0.05) is 5.56 Å². The summed E-state index contributed by atoms with van der Waals surface area (Å²) in [6.45, 7) is 2.15. The van der Waals surface area contributed by atoms with Gasteiger partial charge >= 0.3 is 0 Å². The number of benzene rings is 3. The van der Waals surface area contributed by atoms with E-state index in [0.717, 1.165) is 54.3 Å². The van der Waals surface area contributed by atoms with E-state index in [9.17, 15) is 0 Å². The maximum Gasteiger partial charge on any atom is 0.124 e. The molecule has 36 heavy (non-hydrogen) atoms. The first-order valence-electron chi connectivity index (χ1n) is 13.4. The molecule has 6 nitrogen and oxygen atoms in total. The third-order valence-corrected chi connectivity index (χ3v) is 7.86. The van der Waals surface area contributed by atoms with Crippen molar-refractivity contribution in [1.29, 1.82) is 0 Å². The minimum Gasteiger partial charge on any atom is -0.341 e. The fourth-order valence-electron chi connectivity index (χ4n) is 5.80. The number of H-pyrrole nitrogens is 2. The molecular formula is C30H32N6. The molecule has 5 aromatic rings. The Morgan fingerprint density at radius 2 is 1.31 bits per heavy atom. The lowest BCUT2D eigenvalue weighted by Crippen LogP contribution is -2.27. The second-order valence-corrected chi connectivity index (χ2v) is 10.3. The summed E-state index contributed by atoms with van der Waals surface area (Å²) in [7, 11) is 0. The Hall–Kier alpha value is -3.48. The average molecular weight is 477 g/mol. The first-order chi connectivity index (χ1) is 17.8. The Kier molecular flexibility index (Phi) is 5.56. The number of nitrogens with one attached hydrogen (secondary N) is 4. The summed E-state index contributed by atoms with van der Waals surface area (Å²) in [5.74, 6) is 2.12. The number of hydrogen-bond acceptors (Lipinski definition) is 4. The van der Waals surface area contributed by atoms with Gasteiger partial charge < -0.3 is 20.6 Å². The molecule has 4 N–H and O–H groups in total. The molecule has 0 amide bonds. The molecule has 0 saturated carbocycles. The lowest BCUT2D eigenvalue weighted by molar-refractivity contribution is 0.399. The van der Waals surface area contributed by atoms with Crippen LogP contribution >= 0.6 is 0 Å². The molecule has 3 aromatic carbocycles. The second-order valence-electron chi connectivity index (χ2n) is 10.3. The predicted octanol–water partition coefficient (Wildman–Crippen LogP) is 6.40. The molecular weight excluding hydrogens is 444 g/mol. The van der Waals surface area contributed by atoms with Gasteiger partial charge in [0.15, 0.2) is 0 Å². The van der Waals surface area contributed by atoms with Gasteiger partial charge in [-0.1, -0.05) is 43.2 Å². The zero-order chi connectivity index (χ0) is 23.9. The van der Waals surface area contributed by atoms with Crippen molar-refractivity contribution < 1.29 is 0 Å². The maximum absolute atomic E-state index is 4.86. The van der Waals surface area contributed by atoms with Crippen LogP contribution in [0.3, 0.4) is 0 Å². The fraction of sp³-hybridized carbons (Fsp3) is 0.333. The highest BCUT2D eigenvalue weighted by molar-refractivity contribution is 5.91. The zero-order valence-corrected chi connectivity index (χ0v) is 20.5. The van der Waals surface area contributed by atoms with E-state index in [2.05, 4.69) is 80.2 Å². The van der Waals surface area contributed by atoms with Crippen LogP contribution < -0.4 is 10.6 Å². The Balaban J connectivity index is 1.15. The van der Waals surface area contributed by atoms with Gasteiger partial charge in [-0.05, 0) is 84.9 Å². The van der Waals surface area contributed by atoms with E-state index in [-0.39, 0.29) is 0 Å². The van der Waals surface area contributed by atoms with E-state index < -0.39 is 0 Å². The van der Waals surface area contributed by atoms with E-state index in [1.165, 1.54) is 53.1 Å². The van der Waals surface area contributed by atoms with Crippen molar-refractivity contribution >= 4 is 21.8 Å². The number of hydrogen-bond donors (Lipinski definition) is 4. The highest BCUT2D eigenvalue weighted by atomic mass is 15.0. The Morgan fingerprint density at radius 3 is 2.06 bits per heavy atom. The van der Waals surface area contributed by atoms with Gasteiger partial charge in [0.1, 0.15) is 11.6 Å². The highest BCUT2D eigenvalue weighted by Gasteiger charge is 2.19. The summed E-state index contributed by atoms with van der Waals surface area (Å²) in [4.78, 5) is 16.7. The summed E-state index contributed by atoms with van der Waals surface area (Å²) in [6, 6.07) is 20.6. The molecule has 0 radical (unpaired) electrons. The van der Waals surface area contributed by atoms with Crippen molar-refractivity contribution in [2.75, 3.05) is 13.1 Å². The van der Waals surface area contributed by atoms with Crippen LogP contribution in [-0.4, -0.2) is 33.0 Å². The summed E-state index contributed by atoms with van der Waals surface area (Å²) < 4.78 is 0. The lowest BCUT2D eigenvalue weighted by atomic mass is 9.99. The molecule has 0 bridgehead atoms. The van der Waals surface area contributed by atoms with Crippen LogP contribution in [0.5, 0.6) is 0 Å². The van der Waals surface area contributed by atoms with Crippen LogP contribution in [0.15, 0.2) is 60.8 Å². The van der Waals surface area contributed by atoms with Crippen LogP contribution in [-0.2, 0) is 0 Å². The zero-order valence-electron chi connectivity index (χ0n) is 20.5. The molecule has 0 aliphatic carbocycles. The third-order valence-electron chi connectivity index (χ3n) is 7.86. The van der Waals surface area contributed by atoms with E-state index in [0.29, 0.717) is 12.1 Å². The molecule has 2 aliphatic rings. The summed E-state index contributed by atoms with van der Waals surface area (Å²) >= 11 is 0. The van der Waals surface area contributed by atoms with Gasteiger partial charge in [0.25, 0.3) is 0 Å². The summed E-state index contributed by atoms with van der Waals surface area (Å²) in [5.41, 5.74) is 6.82. The minimum atomic E-state index is 0.342. The second kappa shape index (κ2) is 9.19. The first-order valence-corrected chi connectivity index (χ1v) is 13.4. The molecule has 2 aromatic heterocycles. The van der Waals surface area contributed by atoms with Crippen LogP contribution in [0, 0.1) is 0 Å². The van der Waals surface area contributed by atoms with E-state index in [1.807, 2.05) is 6.20 Å². The SMILES string of the molecule is c1cc2cc(-c3cnc([C@@H]4CCCCN4)[nH]3)ccc2cc1-c1ccc2nc([C@@H]3CCCCN3)[nH]c2c1. The lowest BCUT2D eigenvalue weighted by Gasteiger charge is -2.21. The molecule has 7 rings (SSSR count). The van der Waals surface area contributed by atoms with Crippen LogP contribution in [0.4, 0.5) is 0 Å². The third kappa shape index (κ3) is 4.10. The van der Waals surface area contributed by atoms with Crippen molar-refractivity contribution in [1.82, 2.24) is 30.6 Å². The van der Waals surface area contributed by atoms with E-state index in [4.69, 9.17) is 4.98 Å². The van der Waals surface area contributed by atoms with Gasteiger partial charge in [-0.25, -0.2) is 9.97 Å². The van der Waals surface area contributed by atoms with Crippen molar-refractivity contribution in [2.45, 2.75) is 50.6 Å². The number of aromatic nitrogens is 4. The van der Waals surface area contributed by atoms with Gasteiger partial charge in [-0.3, -0.25) is 0 Å². The normalized spacial score (nSPS) is 20.8. The smallest absolute Gasteiger partial charge is 0.124 e. The molecule has 4 heterocycles. The van der Waals surface area contributed by atoms with Gasteiger partial charge in [0.2, 0.25) is 0 Å². The number of aromatic amines is 2. The van der Waals surface area contributed by atoms with Gasteiger partial charge in [-0.2, -0.15) is 0 Å². The summed E-state index contributed by atoms with van der Waals surface area (Å²) in [6.07, 6.45) is 9.30. The molecule has 2 atom stereocenters. The monoisotopic (exact) mass is 476 g/mol. The standard InChI is InChI=1S/C30H32N6/c1-3-13-31-25(5-1)29-33-18-28(36-29)23-10-9-19-15-20(7-8-21(19)16-23)22-11-12-24-27(17-22)35-30(34-24)26-6-2-4-14-32-26/h7-12,15-18,25-26,31-32H,1-6,13-14H2,(H,33,36)(H,34,35)/t25-,26-/m0/s1. The molecule has 6 heteroatoms. The van der Waals surface area contributed by atoms with E-state index >= 15 is 0 Å². The summed E-state index contributed by atoms with van der Waals surface area (Å²) in [5, 5.41) is 9.64. The predicted molar refractivity (Wildman–Crippen MR) is 146 cm³/mol. The number of piperidine rings is 2. The van der Waals surface area contributed by atoms with Crippen molar-refractivity contribution in [3.63, 3.8) is 0 Å². The molecule has 0 spiro atoms. The van der Waals surface area contributed by atoms with Crippen molar-refractivity contribution in [3.8, 4) is 22.4 Å². The van der Waals surface area contributed by atoms with Gasteiger partial charge in [0.05, 0.1) is 35.0 Å². The van der Waals surface area contributed by atoms with E-state index in [1.54, 1.807) is 0 Å². The molecule has 0 unspecified atom stereocenters. The van der Waals surface area contributed by atoms with Crippen molar-refractivity contribution in [3.05, 3.63) is 72.4 Å². The maximum atomic E-state index is 4.86. The Morgan fingerprint density at radius 1 is 0.639 bits per heavy atom. The topological polar surface area (TPSA) is 81.4 Å². The molecule has 182 valence electrons. The van der Waals surface area contributed by atoms with Crippen LogP contribution in [0.2, 0.25) is 0 Å². The van der Waals surface area contributed by atoms with Crippen LogP contribution in [0.25, 0.3) is 44.2 Å². The number of fused-ring (bicyclic) bond motifs is 2. The molecule has 2 fully saturated rings. The number of nitrogens with zero attached hydrogens (tertiary/aromatic N) is 2. The van der Waals surface area contributed by atoms with Crippen LogP contribution in [0.1, 0.15) is 62.3 Å². The highest BCUT2D eigenvalue weighted by Crippen LogP contribution is 2.31. The Labute approximate surface area is 211 Å². The molecule has 2 saturated heterocycles. The first kappa shape index (κ1) is 21.8. The fourth-order valence-corrected chi connectivity index (χ4v) is 5.80. The largest absolute Gasteiger partial charge is 0.341 e. The number of imidazole rings is 2.